The van der Waals surface area contributed by atoms with Gasteiger partial charge < -0.3 is 15.7 Å². The van der Waals surface area contributed by atoms with Gasteiger partial charge in [-0.05, 0) is 29.0 Å². The zero-order valence-corrected chi connectivity index (χ0v) is 13.1. The normalized spacial score (nSPS) is 12.6. The number of carbonyl (C=O) groups excluding carboxylic acids is 1. The monoisotopic (exact) mass is 292 g/mol. The molecule has 0 aromatic heterocycles. The van der Waals surface area contributed by atoms with Crippen LogP contribution in [0.5, 0.6) is 0 Å². The summed E-state index contributed by atoms with van der Waals surface area (Å²) in [5.74, 6) is -0.863. The Morgan fingerprint density at radius 1 is 1.19 bits per heavy atom. The maximum absolute atomic E-state index is 11.7. The van der Waals surface area contributed by atoms with Gasteiger partial charge in [0.1, 0.15) is 0 Å². The zero-order chi connectivity index (χ0) is 16.0. The number of nitrogens with one attached hydrogen (secondary N) is 2. The molecule has 116 valence electrons. The van der Waals surface area contributed by atoms with Crippen LogP contribution in [0, 0.1) is 5.41 Å². The molecule has 0 fully saturated rings. The number of rotatable bonds is 5. The van der Waals surface area contributed by atoms with Crippen molar-refractivity contribution in [1.82, 2.24) is 5.32 Å². The Hall–Kier alpha value is -2.04. The van der Waals surface area contributed by atoms with E-state index in [4.69, 9.17) is 5.11 Å². The fourth-order valence-corrected chi connectivity index (χ4v) is 1.80. The molecule has 0 radical (unpaired) electrons. The lowest BCUT2D eigenvalue weighted by Crippen LogP contribution is -2.35. The van der Waals surface area contributed by atoms with E-state index in [-0.39, 0.29) is 23.8 Å². The van der Waals surface area contributed by atoms with Crippen LogP contribution in [-0.2, 0) is 4.79 Å². The highest BCUT2D eigenvalue weighted by Crippen LogP contribution is 2.21. The van der Waals surface area contributed by atoms with Gasteiger partial charge in [0.05, 0.1) is 6.42 Å². The molecule has 3 N–H and O–H groups in total. The van der Waals surface area contributed by atoms with Crippen molar-refractivity contribution in [2.45, 2.75) is 40.0 Å². The number of urea groups is 1. The highest BCUT2D eigenvalue weighted by Gasteiger charge is 2.12. The number of amides is 2. The smallest absolute Gasteiger partial charge is 0.319 e. The van der Waals surface area contributed by atoms with Crippen LogP contribution in [0.2, 0.25) is 0 Å². The third kappa shape index (κ3) is 6.79. The first kappa shape index (κ1) is 17.0. The van der Waals surface area contributed by atoms with E-state index in [1.54, 1.807) is 12.1 Å². The summed E-state index contributed by atoms with van der Waals surface area (Å²) in [5.41, 5.74) is 1.67. The quantitative estimate of drug-likeness (QED) is 0.778. The van der Waals surface area contributed by atoms with E-state index in [0.717, 1.165) is 5.56 Å². The molecular formula is C16H24N2O3. The molecule has 1 aromatic rings. The van der Waals surface area contributed by atoms with Crippen LogP contribution in [-0.4, -0.2) is 23.7 Å². The Morgan fingerprint density at radius 3 is 2.24 bits per heavy atom. The van der Waals surface area contributed by atoms with Crippen molar-refractivity contribution >= 4 is 17.7 Å². The number of anilines is 1. The molecule has 1 rings (SSSR count). The molecule has 0 heterocycles. The van der Waals surface area contributed by atoms with Crippen LogP contribution in [0.3, 0.4) is 0 Å². The number of carboxylic acids is 1. The van der Waals surface area contributed by atoms with E-state index < -0.39 is 5.97 Å². The highest BCUT2D eigenvalue weighted by atomic mass is 16.4. The first-order valence-electron chi connectivity index (χ1n) is 7.04. The van der Waals surface area contributed by atoms with Gasteiger partial charge in [-0.15, -0.1) is 0 Å². The van der Waals surface area contributed by atoms with Crippen molar-refractivity contribution in [3.63, 3.8) is 0 Å². The van der Waals surface area contributed by atoms with Crippen molar-refractivity contribution in [1.29, 1.82) is 0 Å². The summed E-state index contributed by atoms with van der Waals surface area (Å²) in [7, 11) is 0. The van der Waals surface area contributed by atoms with E-state index >= 15 is 0 Å². The van der Waals surface area contributed by atoms with Crippen molar-refractivity contribution in [3.8, 4) is 0 Å². The van der Waals surface area contributed by atoms with Gasteiger partial charge >= 0.3 is 12.0 Å². The summed E-state index contributed by atoms with van der Waals surface area (Å²) in [4.78, 5) is 22.4. The van der Waals surface area contributed by atoms with Gasteiger partial charge in [0, 0.05) is 12.2 Å². The predicted molar refractivity (Wildman–Crippen MR) is 83.6 cm³/mol. The van der Waals surface area contributed by atoms with E-state index in [9.17, 15) is 9.59 Å². The lowest BCUT2D eigenvalue weighted by molar-refractivity contribution is -0.137. The lowest BCUT2D eigenvalue weighted by Gasteiger charge is -2.19. The van der Waals surface area contributed by atoms with Gasteiger partial charge in [-0.25, -0.2) is 4.79 Å². The summed E-state index contributed by atoms with van der Waals surface area (Å²) < 4.78 is 0. The summed E-state index contributed by atoms with van der Waals surface area (Å²) in [6, 6.07) is 7.01. The number of carbonyl (C=O) groups is 2. The molecule has 1 aromatic carbocycles. The van der Waals surface area contributed by atoms with E-state index in [0.29, 0.717) is 12.2 Å². The second-order valence-corrected chi connectivity index (χ2v) is 6.49. The molecule has 0 aliphatic carbocycles. The molecule has 1 unspecified atom stereocenters. The molecule has 0 aliphatic rings. The summed E-state index contributed by atoms with van der Waals surface area (Å²) in [5, 5.41) is 14.3. The number of hydrogen-bond acceptors (Lipinski definition) is 2. The fourth-order valence-electron chi connectivity index (χ4n) is 1.80. The molecule has 2 amide bonds. The minimum absolute atomic E-state index is 0.0352. The lowest BCUT2D eigenvalue weighted by atomic mass is 9.97. The molecule has 5 nitrogen and oxygen atoms in total. The standard InChI is InChI=1S/C16H24N2O3/c1-11(9-14(19)20)12-5-7-13(8-6-12)18-15(21)17-10-16(2,3)4/h5-8,11H,9-10H2,1-4H3,(H,19,20)(H2,17,18,21). The average molecular weight is 292 g/mol. The van der Waals surface area contributed by atoms with Crippen LogP contribution in [0.4, 0.5) is 10.5 Å². The Morgan fingerprint density at radius 2 is 1.76 bits per heavy atom. The minimum atomic E-state index is -0.814. The molecule has 0 saturated heterocycles. The van der Waals surface area contributed by atoms with Crippen LogP contribution in [0.25, 0.3) is 0 Å². The van der Waals surface area contributed by atoms with Crippen molar-refractivity contribution < 1.29 is 14.7 Å². The summed E-state index contributed by atoms with van der Waals surface area (Å²) >= 11 is 0. The van der Waals surface area contributed by atoms with Gasteiger partial charge in [-0.2, -0.15) is 0 Å². The molecule has 0 saturated carbocycles. The second-order valence-electron chi connectivity index (χ2n) is 6.49. The SMILES string of the molecule is CC(CC(=O)O)c1ccc(NC(=O)NCC(C)(C)C)cc1. The van der Waals surface area contributed by atoms with Crippen molar-refractivity contribution in [3.05, 3.63) is 29.8 Å². The van der Waals surface area contributed by atoms with Crippen molar-refractivity contribution in [2.24, 2.45) is 5.41 Å². The minimum Gasteiger partial charge on any atom is -0.481 e. The van der Waals surface area contributed by atoms with Gasteiger partial charge in [-0.1, -0.05) is 39.8 Å². The van der Waals surface area contributed by atoms with Crippen molar-refractivity contribution in [2.75, 3.05) is 11.9 Å². The molecule has 0 aliphatic heterocycles. The first-order chi connectivity index (χ1) is 9.67. The maximum atomic E-state index is 11.7. The Kier molecular flexibility index (Phi) is 5.76. The Bertz CT molecular complexity index is 489. The van der Waals surface area contributed by atoms with Crippen LogP contribution in [0.15, 0.2) is 24.3 Å². The number of carboxylic acid groups (broad SMARTS) is 1. The second kappa shape index (κ2) is 7.11. The summed E-state index contributed by atoms with van der Waals surface area (Å²) in [6.07, 6.45) is 0.0961. The maximum Gasteiger partial charge on any atom is 0.319 e. The largest absolute Gasteiger partial charge is 0.481 e. The first-order valence-corrected chi connectivity index (χ1v) is 7.04. The molecule has 1 atom stereocenters. The molecule has 0 bridgehead atoms. The number of benzene rings is 1. The molecule has 21 heavy (non-hydrogen) atoms. The van der Waals surface area contributed by atoms with Crippen LogP contribution >= 0.6 is 0 Å². The van der Waals surface area contributed by atoms with E-state index in [2.05, 4.69) is 10.6 Å². The third-order valence-corrected chi connectivity index (χ3v) is 3.00. The number of hydrogen-bond donors (Lipinski definition) is 3. The van der Waals surface area contributed by atoms with Gasteiger partial charge in [0.25, 0.3) is 0 Å². The molecule has 5 heteroatoms. The highest BCUT2D eigenvalue weighted by molar-refractivity contribution is 5.89. The number of aliphatic carboxylic acids is 1. The predicted octanol–water partition coefficient (Wildman–Crippen LogP) is 3.43. The van der Waals surface area contributed by atoms with E-state index in [1.807, 2.05) is 39.8 Å². The Balaban J connectivity index is 2.54. The third-order valence-electron chi connectivity index (χ3n) is 3.00. The summed E-state index contributed by atoms with van der Waals surface area (Å²) in [6.45, 7) is 8.60. The van der Waals surface area contributed by atoms with E-state index in [1.165, 1.54) is 0 Å². The average Bonchev–Trinajstić information content (AvgIpc) is 2.35. The van der Waals surface area contributed by atoms with Gasteiger partial charge in [-0.3, -0.25) is 4.79 Å². The van der Waals surface area contributed by atoms with Gasteiger partial charge in [0.2, 0.25) is 0 Å². The Labute approximate surface area is 125 Å². The molecular weight excluding hydrogens is 268 g/mol. The van der Waals surface area contributed by atoms with Crippen LogP contribution in [0.1, 0.15) is 45.6 Å². The van der Waals surface area contributed by atoms with Crippen LogP contribution < -0.4 is 10.6 Å². The topological polar surface area (TPSA) is 78.4 Å². The fraction of sp³-hybridized carbons (Fsp3) is 0.500. The molecule has 0 spiro atoms. The zero-order valence-electron chi connectivity index (χ0n) is 13.1. The van der Waals surface area contributed by atoms with Gasteiger partial charge in [0.15, 0.2) is 0 Å².